The molecule has 1 N–H and O–H groups in total. The number of hydrogen-bond acceptors (Lipinski definition) is 4. The highest BCUT2D eigenvalue weighted by Crippen LogP contribution is 2.20. The van der Waals surface area contributed by atoms with Crippen LogP contribution in [0, 0.1) is 13.8 Å². The summed E-state index contributed by atoms with van der Waals surface area (Å²) in [6.07, 6.45) is 0. The monoisotopic (exact) mass is 354 g/mol. The molecule has 0 aliphatic rings. The van der Waals surface area contributed by atoms with Gasteiger partial charge in [0.25, 0.3) is 0 Å². The lowest BCUT2D eigenvalue weighted by molar-refractivity contribution is -0.113. The van der Waals surface area contributed by atoms with Gasteiger partial charge in [-0.05, 0) is 38.1 Å². The quantitative estimate of drug-likeness (QED) is 0.883. The Kier molecular flexibility index (Phi) is 5.25. The number of nitrogens with zero attached hydrogens (tertiary/aromatic N) is 1. The summed E-state index contributed by atoms with van der Waals surface area (Å²) in [5.74, 6) is 1.95. The van der Waals surface area contributed by atoms with E-state index in [1.54, 1.807) is 11.8 Å². The van der Waals surface area contributed by atoms with Gasteiger partial charge in [-0.25, -0.2) is 0 Å². The number of hydrogen-bond donors (Lipinski definition) is 1. The lowest BCUT2D eigenvalue weighted by atomic mass is 10.2. The van der Waals surface area contributed by atoms with Gasteiger partial charge >= 0.3 is 0 Å². The van der Waals surface area contributed by atoms with Crippen LogP contribution in [0.1, 0.15) is 17.0 Å². The fraction of sp³-hybridized carbons (Fsp3) is 0.286. The van der Waals surface area contributed by atoms with Crippen molar-refractivity contribution >= 4 is 39.3 Å². The summed E-state index contributed by atoms with van der Waals surface area (Å²) >= 11 is 4.91. The van der Waals surface area contributed by atoms with Gasteiger partial charge < -0.3 is 9.84 Å². The summed E-state index contributed by atoms with van der Waals surface area (Å²) in [5.41, 5.74) is 2.77. The van der Waals surface area contributed by atoms with E-state index in [0.29, 0.717) is 5.75 Å². The van der Waals surface area contributed by atoms with Crippen LogP contribution in [0.2, 0.25) is 0 Å². The van der Waals surface area contributed by atoms with Gasteiger partial charge in [-0.3, -0.25) is 4.79 Å². The number of aryl methyl sites for hydroxylation is 2. The topological polar surface area (TPSA) is 55.1 Å². The molecule has 1 aromatic carbocycles. The molecule has 0 bridgehead atoms. The van der Waals surface area contributed by atoms with Crippen LogP contribution in [-0.4, -0.2) is 16.8 Å². The van der Waals surface area contributed by atoms with Crippen molar-refractivity contribution in [2.75, 3.05) is 11.1 Å². The number of rotatable bonds is 5. The molecule has 0 fully saturated rings. The highest BCUT2D eigenvalue weighted by atomic mass is 79.9. The van der Waals surface area contributed by atoms with Gasteiger partial charge in [-0.1, -0.05) is 21.1 Å². The van der Waals surface area contributed by atoms with Crippen LogP contribution in [0.4, 0.5) is 5.69 Å². The third kappa shape index (κ3) is 4.11. The minimum Gasteiger partial charge on any atom is -0.361 e. The van der Waals surface area contributed by atoms with E-state index in [4.69, 9.17) is 4.52 Å². The van der Waals surface area contributed by atoms with Crippen LogP contribution in [0.15, 0.2) is 33.3 Å². The van der Waals surface area contributed by atoms with Crippen LogP contribution < -0.4 is 5.32 Å². The van der Waals surface area contributed by atoms with Crippen molar-refractivity contribution in [1.29, 1.82) is 0 Å². The zero-order valence-electron chi connectivity index (χ0n) is 11.3. The van der Waals surface area contributed by atoms with E-state index >= 15 is 0 Å². The molecule has 1 heterocycles. The number of benzene rings is 1. The largest absolute Gasteiger partial charge is 0.361 e. The summed E-state index contributed by atoms with van der Waals surface area (Å²) in [7, 11) is 0. The van der Waals surface area contributed by atoms with Crippen molar-refractivity contribution < 1.29 is 9.32 Å². The Hall–Kier alpha value is -1.27. The Bertz CT molecular complexity index is 576. The van der Waals surface area contributed by atoms with E-state index in [-0.39, 0.29) is 5.91 Å². The van der Waals surface area contributed by atoms with Crippen molar-refractivity contribution in [3.8, 4) is 0 Å². The fourth-order valence-corrected chi connectivity index (χ4v) is 2.92. The van der Waals surface area contributed by atoms with Gasteiger partial charge in [0.15, 0.2) is 0 Å². The molecule has 0 saturated heterocycles. The summed E-state index contributed by atoms with van der Waals surface area (Å²) < 4.78 is 6.08. The summed E-state index contributed by atoms with van der Waals surface area (Å²) in [4.78, 5) is 11.8. The third-order valence-corrected chi connectivity index (χ3v) is 4.28. The molecule has 0 atom stereocenters. The van der Waals surface area contributed by atoms with Crippen molar-refractivity contribution in [2.45, 2.75) is 19.6 Å². The molecule has 1 aromatic heterocycles. The molecular weight excluding hydrogens is 340 g/mol. The van der Waals surface area contributed by atoms with E-state index in [0.717, 1.165) is 32.9 Å². The molecule has 0 aliphatic heterocycles. The third-order valence-electron chi connectivity index (χ3n) is 2.79. The number of carbonyl (C=O) groups excluding carboxylic acids is 1. The molecule has 20 heavy (non-hydrogen) atoms. The first kappa shape index (κ1) is 15.1. The molecule has 2 rings (SSSR count). The normalized spacial score (nSPS) is 10.6. The number of thioether (sulfide) groups is 1. The number of aromatic nitrogens is 1. The summed E-state index contributed by atoms with van der Waals surface area (Å²) in [6, 6.07) is 7.52. The number of anilines is 1. The second-order valence-corrected chi connectivity index (χ2v) is 6.25. The Labute approximate surface area is 130 Å². The van der Waals surface area contributed by atoms with Crippen LogP contribution >= 0.6 is 27.7 Å². The molecule has 0 aliphatic carbocycles. The van der Waals surface area contributed by atoms with Crippen molar-refractivity contribution in [1.82, 2.24) is 5.16 Å². The molecule has 0 unspecified atom stereocenters. The Balaban J connectivity index is 1.79. The molecular formula is C14H15BrN2O2S. The van der Waals surface area contributed by atoms with Gasteiger partial charge in [0.2, 0.25) is 5.91 Å². The van der Waals surface area contributed by atoms with Crippen LogP contribution in [0.3, 0.4) is 0 Å². The second-order valence-electron chi connectivity index (χ2n) is 4.35. The minimum atomic E-state index is -0.0101. The Morgan fingerprint density at radius 2 is 2.05 bits per heavy atom. The predicted octanol–water partition coefficient (Wildman–Crippen LogP) is 3.93. The highest BCUT2D eigenvalue weighted by Gasteiger charge is 2.10. The number of amides is 1. The van der Waals surface area contributed by atoms with Gasteiger partial charge in [-0.15, -0.1) is 11.8 Å². The Morgan fingerprint density at radius 1 is 1.35 bits per heavy atom. The van der Waals surface area contributed by atoms with E-state index in [9.17, 15) is 4.79 Å². The zero-order valence-corrected chi connectivity index (χ0v) is 13.7. The molecule has 106 valence electrons. The first-order chi connectivity index (χ1) is 9.56. The van der Waals surface area contributed by atoms with Crippen LogP contribution in [0.25, 0.3) is 0 Å². The molecule has 0 saturated carbocycles. The zero-order chi connectivity index (χ0) is 14.5. The van der Waals surface area contributed by atoms with Gasteiger partial charge in [0, 0.05) is 21.5 Å². The van der Waals surface area contributed by atoms with E-state index in [1.807, 2.05) is 38.1 Å². The van der Waals surface area contributed by atoms with E-state index in [2.05, 4.69) is 26.4 Å². The van der Waals surface area contributed by atoms with Crippen LogP contribution in [-0.2, 0) is 10.5 Å². The molecule has 4 nitrogen and oxygen atoms in total. The lowest BCUT2D eigenvalue weighted by Gasteiger charge is -2.05. The average Bonchev–Trinajstić information content (AvgIpc) is 2.73. The van der Waals surface area contributed by atoms with Crippen molar-refractivity contribution in [3.05, 3.63) is 45.8 Å². The molecule has 6 heteroatoms. The molecule has 0 spiro atoms. The maximum Gasteiger partial charge on any atom is 0.234 e. The molecule has 0 radical (unpaired) electrons. The standard InChI is InChI=1S/C14H15BrN2O2S/c1-9-13(10(2)19-17-9)7-20-8-14(18)16-12-5-3-11(15)4-6-12/h3-6H,7-8H2,1-2H3,(H,16,18). The number of carbonyl (C=O) groups is 1. The average molecular weight is 355 g/mol. The second kappa shape index (κ2) is 6.95. The first-order valence-electron chi connectivity index (χ1n) is 6.11. The molecule has 2 aromatic rings. The minimum absolute atomic E-state index is 0.0101. The summed E-state index contributed by atoms with van der Waals surface area (Å²) in [5, 5.41) is 6.76. The van der Waals surface area contributed by atoms with E-state index in [1.165, 1.54) is 0 Å². The number of halogens is 1. The lowest BCUT2D eigenvalue weighted by Crippen LogP contribution is -2.14. The maximum atomic E-state index is 11.8. The van der Waals surface area contributed by atoms with Gasteiger partial charge in [0.1, 0.15) is 5.76 Å². The van der Waals surface area contributed by atoms with Crippen molar-refractivity contribution in [2.24, 2.45) is 0 Å². The SMILES string of the molecule is Cc1noc(C)c1CSCC(=O)Nc1ccc(Br)cc1. The first-order valence-corrected chi connectivity index (χ1v) is 8.06. The number of nitrogens with one attached hydrogen (secondary N) is 1. The van der Waals surface area contributed by atoms with Gasteiger partial charge in [-0.2, -0.15) is 0 Å². The van der Waals surface area contributed by atoms with E-state index < -0.39 is 0 Å². The maximum absolute atomic E-state index is 11.8. The highest BCUT2D eigenvalue weighted by molar-refractivity contribution is 9.10. The van der Waals surface area contributed by atoms with Crippen LogP contribution in [0.5, 0.6) is 0 Å². The molecule has 1 amide bonds. The van der Waals surface area contributed by atoms with Crippen molar-refractivity contribution in [3.63, 3.8) is 0 Å². The fourth-order valence-electron chi connectivity index (χ4n) is 1.68. The smallest absolute Gasteiger partial charge is 0.234 e. The predicted molar refractivity (Wildman–Crippen MR) is 84.9 cm³/mol. The van der Waals surface area contributed by atoms with Gasteiger partial charge in [0.05, 0.1) is 11.4 Å². The Morgan fingerprint density at radius 3 is 2.65 bits per heavy atom. The summed E-state index contributed by atoms with van der Waals surface area (Å²) in [6.45, 7) is 3.80.